The molecule has 0 saturated carbocycles. The summed E-state index contributed by atoms with van der Waals surface area (Å²) in [5.41, 5.74) is 1.08. The number of nitrogens with one attached hydrogen (secondary N) is 1. The van der Waals surface area contributed by atoms with E-state index in [0.29, 0.717) is 43.9 Å². The van der Waals surface area contributed by atoms with Gasteiger partial charge in [0.25, 0.3) is 0 Å². The van der Waals surface area contributed by atoms with Crippen LogP contribution in [0.3, 0.4) is 0 Å². The standard InChI is InChI=1S/C16H20ClF3N2O/c17-14-3-1-12(2-4-14)5-8-21-15(23)13-6-9-22(10-7-13)11-16(18,19)20/h1-4,13H,5-11H2,(H,21,23). The lowest BCUT2D eigenvalue weighted by molar-refractivity contribution is -0.149. The van der Waals surface area contributed by atoms with Gasteiger partial charge in [-0.1, -0.05) is 23.7 Å². The second kappa shape index (κ2) is 8.02. The lowest BCUT2D eigenvalue weighted by Gasteiger charge is -2.31. The first-order valence-corrected chi connectivity index (χ1v) is 8.02. The Balaban J connectivity index is 1.68. The van der Waals surface area contributed by atoms with E-state index >= 15 is 0 Å². The molecule has 128 valence electrons. The van der Waals surface area contributed by atoms with Gasteiger partial charge in [0.2, 0.25) is 5.91 Å². The Bertz CT molecular complexity index is 511. The molecule has 1 aromatic carbocycles. The predicted octanol–water partition coefficient (Wildman–Crippen LogP) is 3.27. The van der Waals surface area contributed by atoms with Gasteiger partial charge in [-0.2, -0.15) is 13.2 Å². The molecule has 1 heterocycles. The van der Waals surface area contributed by atoms with Crippen molar-refractivity contribution in [3.63, 3.8) is 0 Å². The Hall–Kier alpha value is -1.27. The number of alkyl halides is 3. The summed E-state index contributed by atoms with van der Waals surface area (Å²) in [5, 5.41) is 3.54. The maximum absolute atomic E-state index is 12.3. The first-order chi connectivity index (χ1) is 10.8. The molecule has 0 atom stereocenters. The van der Waals surface area contributed by atoms with Gasteiger partial charge in [-0.15, -0.1) is 0 Å². The average Bonchev–Trinajstić information content (AvgIpc) is 2.48. The molecule has 0 spiro atoms. The fraction of sp³-hybridized carbons (Fsp3) is 0.562. The molecule has 1 amide bonds. The van der Waals surface area contributed by atoms with Crippen molar-refractivity contribution >= 4 is 17.5 Å². The van der Waals surface area contributed by atoms with Crippen molar-refractivity contribution < 1.29 is 18.0 Å². The molecule has 1 N–H and O–H groups in total. The van der Waals surface area contributed by atoms with E-state index in [1.54, 1.807) is 12.1 Å². The molecule has 7 heteroatoms. The summed E-state index contributed by atoms with van der Waals surface area (Å²) in [6.45, 7) is 0.255. The van der Waals surface area contributed by atoms with E-state index in [9.17, 15) is 18.0 Å². The Morgan fingerprint density at radius 3 is 2.39 bits per heavy atom. The summed E-state index contributed by atoms with van der Waals surface area (Å²) in [4.78, 5) is 13.4. The van der Waals surface area contributed by atoms with Crippen LogP contribution in [0.4, 0.5) is 13.2 Å². The molecule has 1 fully saturated rings. The van der Waals surface area contributed by atoms with Crippen LogP contribution in [0.25, 0.3) is 0 Å². The fourth-order valence-corrected chi connectivity index (χ4v) is 2.86. The highest BCUT2D eigenvalue weighted by Gasteiger charge is 2.33. The van der Waals surface area contributed by atoms with Crippen LogP contribution >= 0.6 is 11.6 Å². The maximum Gasteiger partial charge on any atom is 0.401 e. The highest BCUT2D eigenvalue weighted by Crippen LogP contribution is 2.22. The van der Waals surface area contributed by atoms with Crippen molar-refractivity contribution in [2.24, 2.45) is 5.92 Å². The number of amides is 1. The van der Waals surface area contributed by atoms with E-state index in [0.717, 1.165) is 5.56 Å². The largest absolute Gasteiger partial charge is 0.401 e. The van der Waals surface area contributed by atoms with Crippen LogP contribution in [0.15, 0.2) is 24.3 Å². The number of rotatable bonds is 5. The Morgan fingerprint density at radius 2 is 1.83 bits per heavy atom. The van der Waals surface area contributed by atoms with Crippen LogP contribution in [0.1, 0.15) is 18.4 Å². The molecule has 0 radical (unpaired) electrons. The normalized spacial score (nSPS) is 17.2. The minimum absolute atomic E-state index is 0.0642. The van der Waals surface area contributed by atoms with Gasteiger partial charge in [0.05, 0.1) is 6.54 Å². The van der Waals surface area contributed by atoms with Crippen LogP contribution in [-0.4, -0.2) is 43.2 Å². The predicted molar refractivity (Wildman–Crippen MR) is 83.4 cm³/mol. The van der Waals surface area contributed by atoms with Gasteiger partial charge < -0.3 is 5.32 Å². The van der Waals surface area contributed by atoms with E-state index in [4.69, 9.17) is 11.6 Å². The monoisotopic (exact) mass is 348 g/mol. The van der Waals surface area contributed by atoms with Gasteiger partial charge in [-0.3, -0.25) is 9.69 Å². The van der Waals surface area contributed by atoms with Crippen LogP contribution in [-0.2, 0) is 11.2 Å². The third kappa shape index (κ3) is 6.39. The number of carbonyl (C=O) groups excluding carboxylic acids is 1. The highest BCUT2D eigenvalue weighted by atomic mass is 35.5. The summed E-state index contributed by atoms with van der Waals surface area (Å²) in [6, 6.07) is 7.42. The van der Waals surface area contributed by atoms with Crippen molar-refractivity contribution in [1.82, 2.24) is 10.2 Å². The molecule has 23 heavy (non-hydrogen) atoms. The molecular formula is C16H20ClF3N2O. The third-order valence-corrected chi connectivity index (χ3v) is 4.24. The lowest BCUT2D eigenvalue weighted by Crippen LogP contribution is -2.44. The lowest BCUT2D eigenvalue weighted by atomic mass is 9.96. The smallest absolute Gasteiger partial charge is 0.356 e. The minimum Gasteiger partial charge on any atom is -0.356 e. The summed E-state index contributed by atoms with van der Waals surface area (Å²) >= 11 is 5.81. The number of benzene rings is 1. The van der Waals surface area contributed by atoms with Crippen molar-refractivity contribution in [3.8, 4) is 0 Å². The SMILES string of the molecule is O=C(NCCc1ccc(Cl)cc1)C1CCN(CC(F)(F)F)CC1. The topological polar surface area (TPSA) is 32.3 Å². The van der Waals surface area contributed by atoms with Crippen molar-refractivity contribution in [3.05, 3.63) is 34.9 Å². The van der Waals surface area contributed by atoms with Gasteiger partial charge in [0.1, 0.15) is 0 Å². The summed E-state index contributed by atoms with van der Waals surface area (Å²) in [5.74, 6) is -0.254. The molecule has 0 bridgehead atoms. The van der Waals surface area contributed by atoms with Crippen molar-refractivity contribution in [2.45, 2.75) is 25.4 Å². The summed E-state index contributed by atoms with van der Waals surface area (Å²) < 4.78 is 37.0. The first kappa shape index (κ1) is 18.1. The quantitative estimate of drug-likeness (QED) is 0.885. The van der Waals surface area contributed by atoms with Gasteiger partial charge >= 0.3 is 6.18 Å². The van der Waals surface area contributed by atoms with Crippen LogP contribution in [0.5, 0.6) is 0 Å². The van der Waals surface area contributed by atoms with Crippen molar-refractivity contribution in [2.75, 3.05) is 26.2 Å². The van der Waals surface area contributed by atoms with Crippen LogP contribution < -0.4 is 5.32 Å². The zero-order chi connectivity index (χ0) is 16.9. The van der Waals surface area contributed by atoms with Crippen molar-refractivity contribution in [1.29, 1.82) is 0 Å². The number of halogens is 4. The number of hydrogen-bond acceptors (Lipinski definition) is 2. The van der Waals surface area contributed by atoms with Gasteiger partial charge in [0, 0.05) is 17.5 Å². The van der Waals surface area contributed by atoms with E-state index in [2.05, 4.69) is 5.32 Å². The van der Waals surface area contributed by atoms with E-state index < -0.39 is 12.7 Å². The molecule has 1 aromatic rings. The number of likely N-dealkylation sites (tertiary alicyclic amines) is 1. The Kier molecular flexibility index (Phi) is 6.30. The van der Waals surface area contributed by atoms with Gasteiger partial charge in [-0.25, -0.2) is 0 Å². The molecule has 0 unspecified atom stereocenters. The fourth-order valence-electron chi connectivity index (χ4n) is 2.73. The third-order valence-electron chi connectivity index (χ3n) is 3.99. The number of carbonyl (C=O) groups is 1. The first-order valence-electron chi connectivity index (χ1n) is 7.65. The zero-order valence-corrected chi connectivity index (χ0v) is 13.5. The van der Waals surface area contributed by atoms with E-state index in [1.165, 1.54) is 4.90 Å². The molecule has 3 nitrogen and oxygen atoms in total. The van der Waals surface area contributed by atoms with Crippen LogP contribution in [0.2, 0.25) is 5.02 Å². The van der Waals surface area contributed by atoms with Crippen LogP contribution in [0, 0.1) is 5.92 Å². The second-order valence-corrected chi connectivity index (χ2v) is 6.27. The molecular weight excluding hydrogens is 329 g/mol. The number of nitrogens with zero attached hydrogens (tertiary/aromatic N) is 1. The van der Waals surface area contributed by atoms with E-state index in [1.807, 2.05) is 12.1 Å². The zero-order valence-electron chi connectivity index (χ0n) is 12.7. The number of hydrogen-bond donors (Lipinski definition) is 1. The van der Waals surface area contributed by atoms with Gasteiger partial charge in [-0.05, 0) is 50.0 Å². The maximum atomic E-state index is 12.3. The Labute approximate surface area is 138 Å². The highest BCUT2D eigenvalue weighted by molar-refractivity contribution is 6.30. The minimum atomic E-state index is -4.17. The second-order valence-electron chi connectivity index (χ2n) is 5.83. The molecule has 0 aromatic heterocycles. The molecule has 2 rings (SSSR count). The molecule has 1 aliphatic rings. The average molecular weight is 349 g/mol. The Morgan fingerprint density at radius 1 is 1.22 bits per heavy atom. The van der Waals surface area contributed by atoms with Gasteiger partial charge in [0.15, 0.2) is 0 Å². The summed E-state index contributed by atoms with van der Waals surface area (Å²) in [7, 11) is 0. The molecule has 1 saturated heterocycles. The number of piperidine rings is 1. The van der Waals surface area contributed by atoms with E-state index in [-0.39, 0.29) is 11.8 Å². The summed E-state index contributed by atoms with van der Waals surface area (Å²) in [6.07, 6.45) is -2.52. The molecule has 0 aliphatic carbocycles. The molecule has 1 aliphatic heterocycles.